The largest absolute Gasteiger partial charge is 0.399 e. The number of hydrogen-bond acceptors (Lipinski definition) is 3. The van der Waals surface area contributed by atoms with E-state index in [0.717, 1.165) is 13.1 Å². The van der Waals surface area contributed by atoms with Crippen LogP contribution in [0.2, 0.25) is 5.02 Å². The quantitative estimate of drug-likeness (QED) is 0.655. The summed E-state index contributed by atoms with van der Waals surface area (Å²) in [5.74, 6) is 2.57. The van der Waals surface area contributed by atoms with Gasteiger partial charge in [0.05, 0.1) is 17.1 Å². The number of nitrogen functional groups attached to an aromatic ring is 1. The van der Waals surface area contributed by atoms with E-state index in [2.05, 4.69) is 10.8 Å². The van der Waals surface area contributed by atoms with E-state index in [0.29, 0.717) is 35.9 Å². The fourth-order valence-electron chi connectivity index (χ4n) is 2.11. The molecule has 5 heteroatoms. The van der Waals surface area contributed by atoms with Crippen molar-refractivity contribution < 1.29 is 4.79 Å². The zero-order valence-electron chi connectivity index (χ0n) is 10.6. The van der Waals surface area contributed by atoms with E-state index in [9.17, 15) is 4.79 Å². The lowest BCUT2D eigenvalue weighted by Crippen LogP contribution is -2.48. The summed E-state index contributed by atoms with van der Waals surface area (Å²) in [7, 11) is 0. The highest BCUT2D eigenvalue weighted by Gasteiger charge is 2.23. The topological polar surface area (TPSA) is 49.6 Å². The smallest absolute Gasteiger partial charge is 0.255 e. The van der Waals surface area contributed by atoms with E-state index in [-0.39, 0.29) is 5.91 Å². The summed E-state index contributed by atoms with van der Waals surface area (Å²) < 4.78 is 0. The van der Waals surface area contributed by atoms with Crippen LogP contribution in [-0.2, 0) is 0 Å². The van der Waals surface area contributed by atoms with Gasteiger partial charge >= 0.3 is 0 Å². The second-order valence-electron chi connectivity index (χ2n) is 4.51. The van der Waals surface area contributed by atoms with E-state index in [1.165, 1.54) is 0 Å². The predicted molar refractivity (Wildman–Crippen MR) is 77.0 cm³/mol. The number of benzene rings is 1. The van der Waals surface area contributed by atoms with E-state index in [1.54, 1.807) is 23.1 Å². The minimum Gasteiger partial charge on any atom is -0.399 e. The molecule has 1 aliphatic rings. The summed E-state index contributed by atoms with van der Waals surface area (Å²) >= 11 is 6.06. The maximum atomic E-state index is 12.3. The number of carbonyl (C=O) groups excluding carboxylic acids is 1. The maximum Gasteiger partial charge on any atom is 0.255 e. The summed E-state index contributed by atoms with van der Waals surface area (Å²) in [4.78, 5) is 16.3. The second kappa shape index (κ2) is 5.96. The number of nitrogens with two attached hydrogens (primary N) is 1. The van der Waals surface area contributed by atoms with Gasteiger partial charge in [-0.3, -0.25) is 9.69 Å². The molecule has 1 fully saturated rings. The molecule has 1 aliphatic heterocycles. The number of hydrogen-bond donors (Lipinski definition) is 1. The van der Waals surface area contributed by atoms with Crippen LogP contribution >= 0.6 is 11.6 Å². The van der Waals surface area contributed by atoms with Crippen molar-refractivity contribution in [2.45, 2.75) is 0 Å². The molecule has 1 saturated heterocycles. The van der Waals surface area contributed by atoms with Gasteiger partial charge in [0.25, 0.3) is 5.91 Å². The van der Waals surface area contributed by atoms with Crippen LogP contribution in [-0.4, -0.2) is 48.4 Å². The molecular weight excluding hydrogens is 262 g/mol. The summed E-state index contributed by atoms with van der Waals surface area (Å²) in [6, 6.07) is 4.96. The molecule has 1 amide bonds. The summed E-state index contributed by atoms with van der Waals surface area (Å²) in [6.07, 6.45) is 5.28. The van der Waals surface area contributed by atoms with Gasteiger partial charge in [0.2, 0.25) is 0 Å². The average Bonchev–Trinajstić information content (AvgIpc) is 2.39. The Balaban J connectivity index is 2.03. The van der Waals surface area contributed by atoms with Gasteiger partial charge in [-0.1, -0.05) is 17.5 Å². The van der Waals surface area contributed by atoms with Gasteiger partial charge in [-0.25, -0.2) is 0 Å². The molecule has 2 N–H and O–H groups in total. The van der Waals surface area contributed by atoms with Crippen molar-refractivity contribution in [2.24, 2.45) is 0 Å². The first kappa shape index (κ1) is 13.7. The van der Waals surface area contributed by atoms with Crippen LogP contribution in [0.5, 0.6) is 0 Å². The van der Waals surface area contributed by atoms with Crippen LogP contribution in [0.4, 0.5) is 5.69 Å². The molecular formula is C14H16ClN3O. The highest BCUT2D eigenvalue weighted by molar-refractivity contribution is 6.34. The molecule has 19 heavy (non-hydrogen) atoms. The molecule has 2 rings (SSSR count). The summed E-state index contributed by atoms with van der Waals surface area (Å²) in [5.41, 5.74) is 6.68. The lowest BCUT2D eigenvalue weighted by atomic mass is 10.1. The fourth-order valence-corrected chi connectivity index (χ4v) is 2.38. The number of anilines is 1. The molecule has 0 aromatic heterocycles. The third-order valence-corrected chi connectivity index (χ3v) is 3.51. The predicted octanol–water partition coefficient (Wildman–Crippen LogP) is 1.31. The fraction of sp³-hybridized carbons (Fsp3) is 0.357. The minimum atomic E-state index is -0.0506. The molecule has 0 radical (unpaired) electrons. The van der Waals surface area contributed by atoms with Crippen molar-refractivity contribution in [2.75, 3.05) is 38.5 Å². The van der Waals surface area contributed by atoms with E-state index >= 15 is 0 Å². The SMILES string of the molecule is C#CCN1CCN(C(=O)c2ccc(N)cc2Cl)CC1. The normalized spacial score (nSPS) is 16.1. The molecule has 0 aliphatic carbocycles. The van der Waals surface area contributed by atoms with Crippen molar-refractivity contribution in [1.29, 1.82) is 0 Å². The number of nitrogens with zero attached hydrogens (tertiary/aromatic N) is 2. The Labute approximate surface area is 118 Å². The van der Waals surface area contributed by atoms with Crippen molar-refractivity contribution in [1.82, 2.24) is 9.80 Å². The highest BCUT2D eigenvalue weighted by atomic mass is 35.5. The van der Waals surface area contributed by atoms with Gasteiger partial charge in [-0.2, -0.15) is 0 Å². The first-order chi connectivity index (χ1) is 9.11. The van der Waals surface area contributed by atoms with Gasteiger partial charge < -0.3 is 10.6 Å². The maximum absolute atomic E-state index is 12.3. The monoisotopic (exact) mass is 277 g/mol. The first-order valence-corrected chi connectivity index (χ1v) is 6.49. The number of halogens is 1. The van der Waals surface area contributed by atoms with Crippen LogP contribution in [0.1, 0.15) is 10.4 Å². The number of amides is 1. The highest BCUT2D eigenvalue weighted by Crippen LogP contribution is 2.21. The molecule has 0 saturated carbocycles. The van der Waals surface area contributed by atoms with Crippen molar-refractivity contribution in [3.63, 3.8) is 0 Å². The van der Waals surface area contributed by atoms with Gasteiger partial charge in [-0.05, 0) is 18.2 Å². The average molecular weight is 278 g/mol. The number of rotatable bonds is 2. The minimum absolute atomic E-state index is 0.0506. The van der Waals surface area contributed by atoms with E-state index < -0.39 is 0 Å². The summed E-state index contributed by atoms with van der Waals surface area (Å²) in [5, 5.41) is 0.399. The van der Waals surface area contributed by atoms with Gasteiger partial charge in [0, 0.05) is 31.9 Å². The third-order valence-electron chi connectivity index (χ3n) is 3.20. The second-order valence-corrected chi connectivity index (χ2v) is 4.92. The van der Waals surface area contributed by atoms with Crippen LogP contribution in [0.15, 0.2) is 18.2 Å². The van der Waals surface area contributed by atoms with Crippen LogP contribution in [0.3, 0.4) is 0 Å². The molecule has 1 aromatic rings. The zero-order valence-corrected chi connectivity index (χ0v) is 11.4. The Morgan fingerprint density at radius 2 is 2.05 bits per heavy atom. The molecule has 0 spiro atoms. The van der Waals surface area contributed by atoms with Crippen molar-refractivity contribution >= 4 is 23.2 Å². The molecule has 100 valence electrons. The zero-order chi connectivity index (χ0) is 13.8. The molecule has 1 heterocycles. The summed E-state index contributed by atoms with van der Waals surface area (Å²) in [6.45, 7) is 3.55. The first-order valence-electron chi connectivity index (χ1n) is 6.12. The Morgan fingerprint density at radius 3 is 2.63 bits per heavy atom. The van der Waals surface area contributed by atoms with Gasteiger partial charge in [0.15, 0.2) is 0 Å². The van der Waals surface area contributed by atoms with E-state index in [1.807, 2.05) is 0 Å². The van der Waals surface area contributed by atoms with Crippen LogP contribution < -0.4 is 5.73 Å². The van der Waals surface area contributed by atoms with Crippen LogP contribution in [0, 0.1) is 12.3 Å². The number of terminal acetylenes is 1. The lowest BCUT2D eigenvalue weighted by Gasteiger charge is -2.33. The van der Waals surface area contributed by atoms with Gasteiger partial charge in [0.1, 0.15) is 0 Å². The number of piperazine rings is 1. The molecule has 4 nitrogen and oxygen atoms in total. The van der Waals surface area contributed by atoms with Gasteiger partial charge in [-0.15, -0.1) is 6.42 Å². The Bertz CT molecular complexity index is 516. The molecule has 1 aromatic carbocycles. The molecule has 0 atom stereocenters. The van der Waals surface area contributed by atoms with Crippen molar-refractivity contribution in [3.05, 3.63) is 28.8 Å². The standard InChI is InChI=1S/C14H16ClN3O/c1-2-5-17-6-8-18(9-7-17)14(19)12-4-3-11(16)10-13(12)15/h1,3-4,10H,5-9,16H2. The molecule has 0 bridgehead atoms. The Hall–Kier alpha value is -1.70. The Kier molecular flexibility index (Phi) is 4.31. The van der Waals surface area contributed by atoms with Crippen LogP contribution in [0.25, 0.3) is 0 Å². The van der Waals surface area contributed by atoms with E-state index in [4.69, 9.17) is 23.8 Å². The Morgan fingerprint density at radius 1 is 1.37 bits per heavy atom. The number of carbonyl (C=O) groups is 1. The third kappa shape index (κ3) is 3.19. The molecule has 0 unspecified atom stereocenters. The lowest BCUT2D eigenvalue weighted by molar-refractivity contribution is 0.0652. The van der Waals surface area contributed by atoms with Crippen molar-refractivity contribution in [3.8, 4) is 12.3 Å².